The predicted molar refractivity (Wildman–Crippen MR) is 217 cm³/mol. The van der Waals surface area contributed by atoms with Gasteiger partial charge in [-0.05, 0) is 85.6 Å². The van der Waals surface area contributed by atoms with Crippen molar-refractivity contribution < 1.29 is 46.5 Å². The van der Waals surface area contributed by atoms with Crippen molar-refractivity contribution >= 4 is 78.4 Å². The molecule has 17 heteroatoms. The SMILES string of the molecule is CS(=O)c1ccccc1C1CCN(CC[C@H](CN(C(=O)CC(O)(CC(=O)O)C(=O)O)c2c(OS(C)(=O)=O)c(C#N)cc3ccccc23)c2ccc(Cl)c(Cl)c2)CC1. The molecule has 4 aromatic carbocycles. The molecule has 5 rings (SSSR count). The van der Waals surface area contributed by atoms with Crippen LogP contribution in [0.25, 0.3) is 10.8 Å². The van der Waals surface area contributed by atoms with Crippen LogP contribution in [0.1, 0.15) is 60.6 Å². The maximum atomic E-state index is 14.6. The number of benzene rings is 4. The van der Waals surface area contributed by atoms with E-state index in [-0.39, 0.29) is 39.1 Å². The van der Waals surface area contributed by atoms with E-state index < -0.39 is 68.9 Å². The average molecular weight is 859 g/mol. The summed E-state index contributed by atoms with van der Waals surface area (Å²) >= 11 is 12.8. The molecule has 0 aliphatic carbocycles. The summed E-state index contributed by atoms with van der Waals surface area (Å²) in [6, 6.07) is 22.4. The molecule has 2 unspecified atom stereocenters. The van der Waals surface area contributed by atoms with Crippen molar-refractivity contribution in [1.82, 2.24) is 4.90 Å². The molecule has 1 aliphatic heterocycles. The lowest BCUT2D eigenvalue weighted by atomic mass is 9.88. The Morgan fingerprint density at radius 3 is 2.30 bits per heavy atom. The summed E-state index contributed by atoms with van der Waals surface area (Å²) in [5, 5.41) is 41.8. The summed E-state index contributed by atoms with van der Waals surface area (Å²) in [7, 11) is -5.48. The Balaban J connectivity index is 1.59. The van der Waals surface area contributed by atoms with Crippen molar-refractivity contribution in [1.29, 1.82) is 5.26 Å². The zero-order valence-corrected chi connectivity index (χ0v) is 34.2. The first-order valence-electron chi connectivity index (χ1n) is 17.8. The van der Waals surface area contributed by atoms with E-state index in [1.165, 1.54) is 6.07 Å². The van der Waals surface area contributed by atoms with Crippen molar-refractivity contribution in [2.75, 3.05) is 43.6 Å². The number of aliphatic hydroxyl groups is 1. The Kier molecular flexibility index (Phi) is 14.0. The molecule has 3 N–H and O–H groups in total. The van der Waals surface area contributed by atoms with Gasteiger partial charge in [0, 0.05) is 29.0 Å². The van der Waals surface area contributed by atoms with Crippen LogP contribution in [0.15, 0.2) is 77.7 Å². The minimum absolute atomic E-state index is 0.194. The Hall–Kier alpha value is -4.56. The highest BCUT2D eigenvalue weighted by Crippen LogP contribution is 2.43. The number of nitrogens with zero attached hydrogens (tertiary/aromatic N) is 3. The highest BCUT2D eigenvalue weighted by atomic mass is 35.5. The van der Waals surface area contributed by atoms with Gasteiger partial charge in [0.25, 0.3) is 0 Å². The van der Waals surface area contributed by atoms with Crippen LogP contribution in [0.5, 0.6) is 5.75 Å². The van der Waals surface area contributed by atoms with Crippen LogP contribution in [0.3, 0.4) is 0 Å². The van der Waals surface area contributed by atoms with Gasteiger partial charge in [0.15, 0.2) is 11.4 Å². The maximum absolute atomic E-state index is 14.6. The topological polar surface area (TPSA) is 203 Å². The quantitative estimate of drug-likeness (QED) is 0.109. The van der Waals surface area contributed by atoms with Gasteiger partial charge in [0.2, 0.25) is 5.91 Å². The number of nitriles is 1. The third-order valence-corrected chi connectivity index (χ3v) is 12.3. The van der Waals surface area contributed by atoms with Crippen LogP contribution in [-0.2, 0) is 35.3 Å². The van der Waals surface area contributed by atoms with E-state index in [4.69, 9.17) is 27.4 Å². The number of anilines is 1. The highest BCUT2D eigenvalue weighted by molar-refractivity contribution is 7.86. The molecule has 0 spiro atoms. The summed E-state index contributed by atoms with van der Waals surface area (Å²) < 4.78 is 43.2. The summed E-state index contributed by atoms with van der Waals surface area (Å²) in [5.41, 5.74) is -1.84. The first kappa shape index (κ1) is 43.6. The first-order valence-corrected chi connectivity index (χ1v) is 22.0. The van der Waals surface area contributed by atoms with Crippen molar-refractivity contribution in [3.63, 3.8) is 0 Å². The van der Waals surface area contributed by atoms with Crippen molar-refractivity contribution in [2.45, 2.75) is 54.4 Å². The van der Waals surface area contributed by atoms with E-state index in [1.807, 2.05) is 30.3 Å². The molecule has 4 aromatic rings. The van der Waals surface area contributed by atoms with Crippen LogP contribution in [0, 0.1) is 11.3 Å². The number of likely N-dealkylation sites (tertiary alicyclic amines) is 1. The van der Waals surface area contributed by atoms with Gasteiger partial charge < -0.3 is 29.3 Å². The number of hydrogen-bond donors (Lipinski definition) is 3. The summed E-state index contributed by atoms with van der Waals surface area (Å²) in [4.78, 5) is 42.7. The molecule has 302 valence electrons. The van der Waals surface area contributed by atoms with E-state index in [2.05, 4.69) is 4.90 Å². The lowest BCUT2D eigenvalue weighted by molar-refractivity contribution is -0.167. The number of carboxylic acid groups (broad SMARTS) is 2. The number of carbonyl (C=O) groups is 3. The summed E-state index contributed by atoms with van der Waals surface area (Å²) in [6.45, 7) is 1.62. The van der Waals surface area contributed by atoms with Crippen LogP contribution >= 0.6 is 23.2 Å². The number of carboxylic acids is 2. The molecule has 3 atom stereocenters. The second-order valence-corrected chi connectivity index (χ2v) is 17.8. The molecule has 1 aliphatic rings. The summed E-state index contributed by atoms with van der Waals surface area (Å²) in [5.74, 6) is -5.64. The van der Waals surface area contributed by atoms with Gasteiger partial charge in [-0.1, -0.05) is 71.7 Å². The normalized spacial score (nSPS) is 15.9. The Morgan fingerprint density at radius 1 is 1.02 bits per heavy atom. The standard InChI is InChI=1S/C40H41Cl2N3O10S2/c1-56(52)34-10-6-5-8-30(34)25-13-16-44(17-14-25)18-15-28(26-11-12-32(41)33(42)20-26)24-45(35(46)21-40(51,39(49)50)22-36(47)48)37-31-9-4-3-7-27(31)19-29(23-43)38(37)55-57(2,53)54/h3-12,19-20,25,28,51H,13-18,21-22,24H2,1-2H3,(H,47,48)(H,49,50)/t28-,40?,56?/m1/s1. The monoisotopic (exact) mass is 857 g/mol. The number of halogens is 2. The van der Waals surface area contributed by atoms with E-state index in [1.54, 1.807) is 48.7 Å². The lowest BCUT2D eigenvalue weighted by Gasteiger charge is -2.35. The van der Waals surface area contributed by atoms with E-state index in [0.717, 1.165) is 34.5 Å². The fourth-order valence-electron chi connectivity index (χ4n) is 7.26. The van der Waals surface area contributed by atoms with Crippen molar-refractivity contribution in [2.24, 2.45) is 0 Å². The molecule has 1 heterocycles. The molecular formula is C40H41Cl2N3O10S2. The number of fused-ring (bicyclic) bond motifs is 1. The highest BCUT2D eigenvalue weighted by Gasteiger charge is 2.43. The van der Waals surface area contributed by atoms with Gasteiger partial charge in [-0.25, -0.2) is 4.79 Å². The predicted octanol–water partition coefficient (Wildman–Crippen LogP) is 6.16. The van der Waals surface area contributed by atoms with E-state index in [9.17, 15) is 47.6 Å². The molecule has 1 saturated heterocycles. The molecule has 0 saturated carbocycles. The fraction of sp³-hybridized carbons (Fsp3) is 0.350. The van der Waals surface area contributed by atoms with Crippen molar-refractivity contribution in [3.05, 3.63) is 99.5 Å². The van der Waals surface area contributed by atoms with Crippen LogP contribution < -0.4 is 9.08 Å². The first-order chi connectivity index (χ1) is 26.9. The summed E-state index contributed by atoms with van der Waals surface area (Å²) in [6.07, 6.45) is 1.84. The average Bonchev–Trinajstić information content (AvgIpc) is 3.15. The Labute approximate surface area is 342 Å². The van der Waals surface area contributed by atoms with E-state index >= 15 is 0 Å². The largest absolute Gasteiger partial charge is 0.481 e. The Bertz CT molecular complexity index is 2360. The molecule has 0 bridgehead atoms. The third kappa shape index (κ3) is 10.7. The maximum Gasteiger partial charge on any atom is 0.336 e. The number of carbonyl (C=O) groups excluding carboxylic acids is 1. The molecule has 1 fully saturated rings. The molecular weight excluding hydrogens is 817 g/mol. The van der Waals surface area contributed by atoms with Crippen LogP contribution in [-0.4, -0.2) is 95.0 Å². The van der Waals surface area contributed by atoms with Gasteiger partial charge in [-0.15, -0.1) is 0 Å². The number of piperidine rings is 1. The number of rotatable bonds is 16. The second kappa shape index (κ2) is 18.4. The van der Waals surface area contributed by atoms with Gasteiger partial charge in [-0.3, -0.25) is 13.8 Å². The van der Waals surface area contributed by atoms with Gasteiger partial charge in [0.1, 0.15) is 6.07 Å². The molecule has 1 amide bonds. The minimum Gasteiger partial charge on any atom is -0.481 e. The van der Waals surface area contributed by atoms with E-state index in [0.29, 0.717) is 37.0 Å². The van der Waals surface area contributed by atoms with Crippen molar-refractivity contribution in [3.8, 4) is 11.8 Å². The Morgan fingerprint density at radius 2 is 1.68 bits per heavy atom. The zero-order valence-electron chi connectivity index (χ0n) is 31.1. The second-order valence-electron chi connectivity index (χ2n) is 14.1. The minimum atomic E-state index is -4.34. The van der Waals surface area contributed by atoms with Gasteiger partial charge >= 0.3 is 22.1 Å². The van der Waals surface area contributed by atoms with Gasteiger partial charge in [0.05, 0.1) is 51.2 Å². The lowest BCUT2D eigenvalue weighted by Crippen LogP contribution is -2.47. The zero-order chi connectivity index (χ0) is 41.7. The third-order valence-electron chi connectivity index (χ3n) is 10.1. The molecule has 0 aromatic heterocycles. The number of aliphatic carboxylic acids is 2. The molecule has 57 heavy (non-hydrogen) atoms. The van der Waals surface area contributed by atoms with Crippen LogP contribution in [0.4, 0.5) is 5.69 Å². The fourth-order valence-corrected chi connectivity index (χ4v) is 8.87. The van der Waals surface area contributed by atoms with Crippen LogP contribution in [0.2, 0.25) is 10.0 Å². The number of hydrogen-bond acceptors (Lipinski definition) is 10. The molecule has 13 nitrogen and oxygen atoms in total. The molecule has 0 radical (unpaired) electrons. The van der Waals surface area contributed by atoms with Gasteiger partial charge in [-0.2, -0.15) is 13.7 Å². The smallest absolute Gasteiger partial charge is 0.336 e. The number of amides is 1.